The summed E-state index contributed by atoms with van der Waals surface area (Å²) in [4.78, 5) is 31.0. The van der Waals surface area contributed by atoms with Crippen LogP contribution in [0, 0.1) is 0 Å². The Labute approximate surface area is 117 Å². The van der Waals surface area contributed by atoms with Crippen LogP contribution in [0.5, 0.6) is 0 Å². The average molecular weight is 281 g/mol. The normalized spacial score (nSPS) is 9.25. The first-order valence-electron chi connectivity index (χ1n) is 6.24. The third-order valence-electron chi connectivity index (χ3n) is 2.41. The number of carboxylic acid groups (broad SMARTS) is 2. The summed E-state index contributed by atoms with van der Waals surface area (Å²) >= 11 is 0. The Morgan fingerprint density at radius 3 is 1.75 bits per heavy atom. The molecule has 0 saturated carbocycles. The standard InChI is InChI=1S/C8H6O4.C6H13NO/c9-7(10)5-3-1-2-4-6(5)8(11)12;1-2-3-4-5-6(7)8/h1-4H,(H,9,10)(H,11,12);2-5H2,1H3,(H2,7,8). The fourth-order valence-electron chi connectivity index (χ4n) is 1.41. The number of amides is 1. The number of carbonyl (C=O) groups excluding carboxylic acids is 1. The second-order valence-corrected chi connectivity index (χ2v) is 4.08. The number of hydrogen-bond acceptors (Lipinski definition) is 3. The van der Waals surface area contributed by atoms with Crippen LogP contribution in [0.2, 0.25) is 0 Å². The minimum absolute atomic E-state index is 0.182. The van der Waals surface area contributed by atoms with E-state index in [0.29, 0.717) is 6.42 Å². The second-order valence-electron chi connectivity index (χ2n) is 4.08. The first-order valence-corrected chi connectivity index (χ1v) is 6.24. The molecule has 6 nitrogen and oxygen atoms in total. The molecule has 4 N–H and O–H groups in total. The highest BCUT2D eigenvalue weighted by Gasteiger charge is 2.13. The highest BCUT2D eigenvalue weighted by molar-refractivity contribution is 6.01. The molecular formula is C14H19NO5. The number of rotatable bonds is 6. The lowest BCUT2D eigenvalue weighted by atomic mass is 10.1. The maximum atomic E-state index is 10.5. The van der Waals surface area contributed by atoms with Crippen molar-refractivity contribution < 1.29 is 24.6 Å². The number of aromatic carboxylic acids is 2. The van der Waals surface area contributed by atoms with E-state index in [0.717, 1.165) is 19.3 Å². The van der Waals surface area contributed by atoms with Gasteiger partial charge in [-0.05, 0) is 18.6 Å². The van der Waals surface area contributed by atoms with E-state index in [2.05, 4.69) is 6.92 Å². The van der Waals surface area contributed by atoms with Crippen molar-refractivity contribution in [3.05, 3.63) is 35.4 Å². The summed E-state index contributed by atoms with van der Waals surface area (Å²) in [6, 6.07) is 5.48. The van der Waals surface area contributed by atoms with Gasteiger partial charge in [-0.15, -0.1) is 0 Å². The lowest BCUT2D eigenvalue weighted by Crippen LogP contribution is -2.09. The van der Waals surface area contributed by atoms with Crippen molar-refractivity contribution in [2.75, 3.05) is 0 Å². The summed E-state index contributed by atoms with van der Waals surface area (Å²) in [5.41, 5.74) is 4.51. The lowest BCUT2D eigenvalue weighted by molar-refractivity contribution is -0.118. The molecule has 1 aromatic rings. The molecule has 0 aliphatic carbocycles. The van der Waals surface area contributed by atoms with E-state index in [1.807, 2.05) is 0 Å². The summed E-state index contributed by atoms with van der Waals surface area (Å²) in [6.45, 7) is 2.10. The average Bonchev–Trinajstić information content (AvgIpc) is 2.39. The predicted molar refractivity (Wildman–Crippen MR) is 73.7 cm³/mol. The molecule has 0 saturated heterocycles. The fourth-order valence-corrected chi connectivity index (χ4v) is 1.41. The van der Waals surface area contributed by atoms with Crippen molar-refractivity contribution in [3.63, 3.8) is 0 Å². The molecule has 110 valence electrons. The zero-order valence-electron chi connectivity index (χ0n) is 11.3. The summed E-state index contributed by atoms with van der Waals surface area (Å²) < 4.78 is 0. The first-order chi connectivity index (χ1) is 9.40. The minimum atomic E-state index is -1.23. The zero-order valence-corrected chi connectivity index (χ0v) is 11.3. The van der Waals surface area contributed by atoms with Gasteiger partial charge in [0.1, 0.15) is 0 Å². The molecule has 0 radical (unpaired) electrons. The van der Waals surface area contributed by atoms with Gasteiger partial charge in [0.25, 0.3) is 0 Å². The van der Waals surface area contributed by atoms with E-state index in [4.69, 9.17) is 15.9 Å². The van der Waals surface area contributed by atoms with E-state index in [1.165, 1.54) is 24.3 Å². The molecule has 0 aliphatic rings. The quantitative estimate of drug-likeness (QED) is 0.690. The monoisotopic (exact) mass is 281 g/mol. The lowest BCUT2D eigenvalue weighted by Gasteiger charge is -1.98. The summed E-state index contributed by atoms with van der Waals surface area (Å²) in [7, 11) is 0. The van der Waals surface area contributed by atoms with Crippen LogP contribution in [0.4, 0.5) is 0 Å². The smallest absolute Gasteiger partial charge is 0.336 e. The number of carboxylic acids is 2. The Bertz CT molecular complexity index is 437. The van der Waals surface area contributed by atoms with Crippen molar-refractivity contribution in [1.29, 1.82) is 0 Å². The third kappa shape index (κ3) is 7.15. The van der Waals surface area contributed by atoms with Crippen molar-refractivity contribution in [2.45, 2.75) is 32.6 Å². The SMILES string of the molecule is CCCCCC(N)=O.O=C(O)c1ccccc1C(=O)O. The van der Waals surface area contributed by atoms with Gasteiger partial charge in [-0.2, -0.15) is 0 Å². The molecule has 1 aromatic carbocycles. The Hall–Kier alpha value is -2.37. The summed E-state index contributed by atoms with van der Waals surface area (Å²) in [5.74, 6) is -2.64. The molecule has 0 bridgehead atoms. The van der Waals surface area contributed by atoms with Gasteiger partial charge in [-0.25, -0.2) is 9.59 Å². The van der Waals surface area contributed by atoms with Gasteiger partial charge < -0.3 is 15.9 Å². The van der Waals surface area contributed by atoms with E-state index in [1.54, 1.807) is 0 Å². The maximum Gasteiger partial charge on any atom is 0.336 e. The van der Waals surface area contributed by atoms with Crippen LogP contribution in [0.3, 0.4) is 0 Å². The van der Waals surface area contributed by atoms with Gasteiger partial charge in [-0.3, -0.25) is 4.79 Å². The Balaban J connectivity index is 0.000000396. The van der Waals surface area contributed by atoms with Crippen molar-refractivity contribution in [3.8, 4) is 0 Å². The van der Waals surface area contributed by atoms with Crippen molar-refractivity contribution in [1.82, 2.24) is 0 Å². The van der Waals surface area contributed by atoms with Crippen LogP contribution in [0.1, 0.15) is 53.3 Å². The Morgan fingerprint density at radius 2 is 1.45 bits per heavy atom. The third-order valence-corrected chi connectivity index (χ3v) is 2.41. The molecule has 6 heteroatoms. The largest absolute Gasteiger partial charge is 0.478 e. The van der Waals surface area contributed by atoms with E-state index >= 15 is 0 Å². The molecule has 0 spiro atoms. The molecule has 20 heavy (non-hydrogen) atoms. The second kappa shape index (κ2) is 9.55. The van der Waals surface area contributed by atoms with E-state index < -0.39 is 11.9 Å². The molecule has 0 heterocycles. The molecule has 1 rings (SSSR count). The van der Waals surface area contributed by atoms with Gasteiger partial charge >= 0.3 is 11.9 Å². The fraction of sp³-hybridized carbons (Fsp3) is 0.357. The molecule has 0 fully saturated rings. The molecule has 0 unspecified atom stereocenters. The Kier molecular flexibility index (Phi) is 8.41. The number of nitrogens with two attached hydrogens (primary N) is 1. The summed E-state index contributed by atoms with van der Waals surface area (Å²) in [6.07, 6.45) is 3.76. The zero-order chi connectivity index (χ0) is 15.5. The van der Waals surface area contributed by atoms with E-state index in [-0.39, 0.29) is 17.0 Å². The molecule has 0 aliphatic heterocycles. The number of carbonyl (C=O) groups is 3. The van der Waals surface area contributed by atoms with Gasteiger partial charge in [0.05, 0.1) is 11.1 Å². The van der Waals surface area contributed by atoms with Crippen LogP contribution in [0.15, 0.2) is 24.3 Å². The molecule has 0 aromatic heterocycles. The van der Waals surface area contributed by atoms with Crippen molar-refractivity contribution in [2.24, 2.45) is 5.73 Å². The molecule has 0 atom stereocenters. The number of hydrogen-bond donors (Lipinski definition) is 3. The maximum absolute atomic E-state index is 10.5. The highest BCUT2D eigenvalue weighted by Crippen LogP contribution is 2.07. The van der Waals surface area contributed by atoms with Gasteiger partial charge in [-0.1, -0.05) is 31.9 Å². The topological polar surface area (TPSA) is 118 Å². The number of benzene rings is 1. The first kappa shape index (κ1) is 17.6. The molecular weight excluding hydrogens is 262 g/mol. The van der Waals surface area contributed by atoms with Gasteiger partial charge in [0, 0.05) is 6.42 Å². The van der Waals surface area contributed by atoms with Gasteiger partial charge in [0.15, 0.2) is 0 Å². The predicted octanol–water partition coefficient (Wildman–Crippen LogP) is 2.14. The minimum Gasteiger partial charge on any atom is -0.478 e. The number of primary amides is 1. The van der Waals surface area contributed by atoms with Crippen molar-refractivity contribution >= 4 is 17.8 Å². The molecule has 1 amide bonds. The van der Waals surface area contributed by atoms with Crippen LogP contribution in [-0.2, 0) is 4.79 Å². The van der Waals surface area contributed by atoms with Crippen LogP contribution in [-0.4, -0.2) is 28.1 Å². The Morgan fingerprint density at radius 1 is 1.00 bits per heavy atom. The van der Waals surface area contributed by atoms with Crippen LogP contribution < -0.4 is 5.73 Å². The van der Waals surface area contributed by atoms with Gasteiger partial charge in [0.2, 0.25) is 5.91 Å². The van der Waals surface area contributed by atoms with Crippen LogP contribution in [0.25, 0.3) is 0 Å². The number of unbranched alkanes of at least 4 members (excludes halogenated alkanes) is 2. The van der Waals surface area contributed by atoms with E-state index in [9.17, 15) is 14.4 Å². The summed E-state index contributed by atoms with van der Waals surface area (Å²) in [5, 5.41) is 17.1. The van der Waals surface area contributed by atoms with Crippen LogP contribution >= 0.6 is 0 Å². The highest BCUT2D eigenvalue weighted by atomic mass is 16.4.